The normalized spacial score (nSPS) is 21.9. The molecule has 0 spiro atoms. The molecule has 1 fully saturated rings. The number of rotatable bonds is 3. The van der Waals surface area contributed by atoms with Crippen LogP contribution in [-0.4, -0.2) is 29.8 Å². The second-order valence-electron chi connectivity index (χ2n) is 5.34. The van der Waals surface area contributed by atoms with Crippen molar-refractivity contribution in [2.75, 3.05) is 18.6 Å². The Morgan fingerprint density at radius 2 is 2.05 bits per heavy atom. The molecule has 1 saturated carbocycles. The zero-order chi connectivity index (χ0) is 14.4. The fraction of sp³-hybridized carbons (Fsp3) is 0.562. The minimum Gasteiger partial charge on any atom is -0.384 e. The van der Waals surface area contributed by atoms with Crippen LogP contribution >= 0.6 is 15.9 Å². The molecule has 1 aromatic heterocycles. The Kier molecular flexibility index (Phi) is 5.87. The summed E-state index contributed by atoms with van der Waals surface area (Å²) in [6.07, 6.45) is 7.59. The first-order valence-electron chi connectivity index (χ1n) is 7.11. The third-order valence-electron chi connectivity index (χ3n) is 4.03. The van der Waals surface area contributed by atoms with Gasteiger partial charge in [-0.1, -0.05) is 5.92 Å². The van der Waals surface area contributed by atoms with E-state index in [-0.39, 0.29) is 6.61 Å². The summed E-state index contributed by atoms with van der Waals surface area (Å²) < 4.78 is 1.01. The predicted molar refractivity (Wildman–Crippen MR) is 85.6 cm³/mol. The van der Waals surface area contributed by atoms with Gasteiger partial charge in [0.05, 0.1) is 0 Å². The van der Waals surface area contributed by atoms with Gasteiger partial charge in [-0.15, -0.1) is 5.92 Å². The molecule has 1 aliphatic rings. The standard InChI is InChI=1S/C16H21BrN2O/c1-19(16-10-7-14(17)12-18-16)15-8-5-13(6-9-15)4-2-3-11-20/h7,10,12-13,15,20H,4-6,8-9,11H2,1H3. The Morgan fingerprint density at radius 3 is 2.65 bits per heavy atom. The van der Waals surface area contributed by atoms with Crippen LogP contribution in [-0.2, 0) is 0 Å². The molecule has 0 bridgehead atoms. The molecule has 1 aromatic rings. The van der Waals surface area contributed by atoms with Gasteiger partial charge in [-0.25, -0.2) is 4.98 Å². The highest BCUT2D eigenvalue weighted by molar-refractivity contribution is 9.10. The molecule has 0 amide bonds. The van der Waals surface area contributed by atoms with Crippen molar-refractivity contribution in [3.63, 3.8) is 0 Å². The molecule has 108 valence electrons. The maximum atomic E-state index is 8.67. The summed E-state index contributed by atoms with van der Waals surface area (Å²) in [5.41, 5.74) is 0. The zero-order valence-electron chi connectivity index (χ0n) is 11.8. The summed E-state index contributed by atoms with van der Waals surface area (Å²) in [4.78, 5) is 6.76. The van der Waals surface area contributed by atoms with E-state index >= 15 is 0 Å². The smallest absolute Gasteiger partial charge is 0.128 e. The molecule has 0 unspecified atom stereocenters. The largest absolute Gasteiger partial charge is 0.384 e. The van der Waals surface area contributed by atoms with Gasteiger partial charge in [-0.05, 0) is 59.7 Å². The summed E-state index contributed by atoms with van der Waals surface area (Å²) in [7, 11) is 2.13. The van der Waals surface area contributed by atoms with E-state index < -0.39 is 0 Å². The lowest BCUT2D eigenvalue weighted by Gasteiger charge is -2.35. The number of nitrogens with zero attached hydrogens (tertiary/aromatic N) is 2. The topological polar surface area (TPSA) is 36.4 Å². The van der Waals surface area contributed by atoms with Gasteiger partial charge < -0.3 is 10.0 Å². The number of anilines is 1. The lowest BCUT2D eigenvalue weighted by atomic mass is 9.84. The maximum absolute atomic E-state index is 8.67. The number of pyridine rings is 1. The van der Waals surface area contributed by atoms with Gasteiger partial charge in [0, 0.05) is 30.2 Å². The van der Waals surface area contributed by atoms with Crippen LogP contribution in [0.5, 0.6) is 0 Å². The molecule has 0 aromatic carbocycles. The van der Waals surface area contributed by atoms with Crippen molar-refractivity contribution >= 4 is 21.7 Å². The molecular weight excluding hydrogens is 316 g/mol. The molecule has 0 aliphatic heterocycles. The van der Waals surface area contributed by atoms with Crippen LogP contribution in [0.2, 0.25) is 0 Å². The van der Waals surface area contributed by atoms with Gasteiger partial charge in [0.15, 0.2) is 0 Å². The minimum absolute atomic E-state index is 0.0205. The molecule has 1 heterocycles. The van der Waals surface area contributed by atoms with Crippen LogP contribution in [0, 0.1) is 17.8 Å². The minimum atomic E-state index is -0.0205. The van der Waals surface area contributed by atoms with Gasteiger partial charge >= 0.3 is 0 Å². The van der Waals surface area contributed by atoms with E-state index in [1.807, 2.05) is 12.3 Å². The lowest BCUT2D eigenvalue weighted by Crippen LogP contribution is -2.35. The second kappa shape index (κ2) is 7.66. The zero-order valence-corrected chi connectivity index (χ0v) is 13.4. The number of aliphatic hydroxyl groups is 1. The Hall–Kier alpha value is -1.05. The van der Waals surface area contributed by atoms with E-state index in [0.29, 0.717) is 12.0 Å². The Labute approximate surface area is 129 Å². The SMILES string of the molecule is CN(c1ccc(Br)cn1)C1CCC(CC#CCO)CC1. The Bertz CT molecular complexity index is 469. The third-order valence-corrected chi connectivity index (χ3v) is 4.50. The average molecular weight is 337 g/mol. The Morgan fingerprint density at radius 1 is 1.30 bits per heavy atom. The first-order chi connectivity index (χ1) is 9.70. The van der Waals surface area contributed by atoms with Crippen LogP contribution in [0.1, 0.15) is 32.1 Å². The van der Waals surface area contributed by atoms with E-state index in [4.69, 9.17) is 5.11 Å². The van der Waals surface area contributed by atoms with Crippen molar-refractivity contribution in [1.29, 1.82) is 0 Å². The van der Waals surface area contributed by atoms with Crippen LogP contribution < -0.4 is 4.90 Å². The average Bonchev–Trinajstić information content (AvgIpc) is 2.48. The number of aromatic nitrogens is 1. The molecule has 0 atom stereocenters. The molecule has 2 rings (SSSR count). The van der Waals surface area contributed by atoms with E-state index in [9.17, 15) is 0 Å². The fourth-order valence-electron chi connectivity index (χ4n) is 2.77. The van der Waals surface area contributed by atoms with Gasteiger partial charge in [-0.2, -0.15) is 0 Å². The molecule has 0 radical (unpaired) electrons. The third kappa shape index (κ3) is 4.22. The monoisotopic (exact) mass is 336 g/mol. The molecule has 20 heavy (non-hydrogen) atoms. The van der Waals surface area contributed by atoms with Crippen molar-refractivity contribution in [2.24, 2.45) is 5.92 Å². The predicted octanol–water partition coefficient (Wildman–Crippen LogP) is 3.22. The van der Waals surface area contributed by atoms with E-state index in [2.05, 4.69) is 50.8 Å². The van der Waals surface area contributed by atoms with Crippen LogP contribution in [0.4, 0.5) is 5.82 Å². The number of hydrogen-bond acceptors (Lipinski definition) is 3. The van der Waals surface area contributed by atoms with Gasteiger partial charge in [-0.3, -0.25) is 0 Å². The van der Waals surface area contributed by atoms with Crippen molar-refractivity contribution in [2.45, 2.75) is 38.1 Å². The van der Waals surface area contributed by atoms with Crippen molar-refractivity contribution in [3.05, 3.63) is 22.8 Å². The molecule has 4 heteroatoms. The maximum Gasteiger partial charge on any atom is 0.128 e. The summed E-state index contributed by atoms with van der Waals surface area (Å²) >= 11 is 3.42. The summed E-state index contributed by atoms with van der Waals surface area (Å²) in [5.74, 6) is 7.53. The van der Waals surface area contributed by atoms with E-state index in [0.717, 1.165) is 16.7 Å². The quantitative estimate of drug-likeness (QED) is 0.861. The van der Waals surface area contributed by atoms with Gasteiger partial charge in [0.2, 0.25) is 0 Å². The second-order valence-corrected chi connectivity index (χ2v) is 6.25. The number of hydrogen-bond donors (Lipinski definition) is 1. The summed E-state index contributed by atoms with van der Waals surface area (Å²) in [5, 5.41) is 8.67. The van der Waals surface area contributed by atoms with Gasteiger partial charge in [0.25, 0.3) is 0 Å². The van der Waals surface area contributed by atoms with Crippen LogP contribution in [0.15, 0.2) is 22.8 Å². The first-order valence-corrected chi connectivity index (χ1v) is 7.91. The van der Waals surface area contributed by atoms with Crippen molar-refractivity contribution in [3.8, 4) is 11.8 Å². The van der Waals surface area contributed by atoms with Gasteiger partial charge in [0.1, 0.15) is 12.4 Å². The number of aliphatic hydroxyl groups excluding tert-OH is 1. The molecule has 0 saturated heterocycles. The van der Waals surface area contributed by atoms with Crippen LogP contribution in [0.25, 0.3) is 0 Å². The molecule has 1 N–H and O–H groups in total. The lowest BCUT2D eigenvalue weighted by molar-refractivity contribution is 0.323. The fourth-order valence-corrected chi connectivity index (χ4v) is 3.01. The molecule has 1 aliphatic carbocycles. The first kappa shape index (κ1) is 15.3. The highest BCUT2D eigenvalue weighted by atomic mass is 79.9. The summed E-state index contributed by atoms with van der Waals surface area (Å²) in [6, 6.07) is 4.67. The Balaban J connectivity index is 1.85. The van der Waals surface area contributed by atoms with Crippen molar-refractivity contribution < 1.29 is 5.11 Å². The van der Waals surface area contributed by atoms with E-state index in [1.54, 1.807) is 0 Å². The van der Waals surface area contributed by atoms with E-state index in [1.165, 1.54) is 25.7 Å². The highest BCUT2D eigenvalue weighted by Crippen LogP contribution is 2.30. The molecular formula is C16H21BrN2O. The van der Waals surface area contributed by atoms with Crippen molar-refractivity contribution in [1.82, 2.24) is 4.98 Å². The molecule has 3 nitrogen and oxygen atoms in total. The summed E-state index contributed by atoms with van der Waals surface area (Å²) in [6.45, 7) is -0.0205. The number of halogens is 1. The highest BCUT2D eigenvalue weighted by Gasteiger charge is 2.24. The van der Waals surface area contributed by atoms with Crippen LogP contribution in [0.3, 0.4) is 0 Å².